The number of nitrogens with zero attached hydrogens (tertiary/aromatic N) is 8. The van der Waals surface area contributed by atoms with Gasteiger partial charge in [-0.05, 0) is 53.3 Å². The highest BCUT2D eigenvalue weighted by molar-refractivity contribution is 8.07. The third-order valence-electron chi connectivity index (χ3n) is 9.52. The Kier molecular flexibility index (Phi) is 11.8. The second-order valence-electron chi connectivity index (χ2n) is 16.3. The first-order valence-corrected chi connectivity index (χ1v) is 22.9. The first kappa shape index (κ1) is 44.2. The van der Waals surface area contributed by atoms with E-state index in [0.29, 0.717) is 0 Å². The maximum absolute atomic E-state index is 16.4. The Morgan fingerprint density at radius 1 is 0.767 bits per heavy atom. The molecule has 7 rings (SSSR count). The van der Waals surface area contributed by atoms with Crippen LogP contribution in [0.4, 0.5) is 8.78 Å². The van der Waals surface area contributed by atoms with E-state index in [4.69, 9.17) is 48.8 Å². The molecule has 3 aliphatic heterocycles. The lowest BCUT2D eigenvalue weighted by Crippen LogP contribution is -2.34. The normalized spacial score (nSPS) is 31.6. The molecule has 0 aromatic carbocycles. The minimum Gasteiger partial charge on any atom is -0.443 e. The van der Waals surface area contributed by atoms with E-state index in [1.165, 1.54) is 0 Å². The van der Waals surface area contributed by atoms with Crippen molar-refractivity contribution in [1.29, 1.82) is 0 Å². The number of carbonyl (C=O) groups excluding carboxylic acids is 2. The molecular weight excluding hydrogens is 864 g/mol. The SMILES string of the molecule is CC(C)(C)C(=O)OCn1cnc2c(ncn2[C@@H]2O[C@@H]3COP(O)(=S)O[C@@H]4[C@@H](F)[C@@H](COP(C)(=O)O[C@H]3[C@H]2F)O[C@H]4n2cnc3c(=O)n(COC(=O)C(C)(C)C)cnc32)c1=O. The fourth-order valence-corrected chi connectivity index (χ4v) is 8.87. The van der Waals surface area contributed by atoms with E-state index in [2.05, 4.69) is 19.9 Å². The number of alkyl halides is 2. The summed E-state index contributed by atoms with van der Waals surface area (Å²) in [6.45, 7) is 4.00. The zero-order chi connectivity index (χ0) is 43.7. The Bertz CT molecular complexity index is 2540. The van der Waals surface area contributed by atoms with Gasteiger partial charge in [0.25, 0.3) is 11.1 Å². The van der Waals surface area contributed by atoms with E-state index in [1.807, 2.05) is 0 Å². The molecule has 27 heteroatoms. The van der Waals surface area contributed by atoms with Crippen LogP contribution in [0.3, 0.4) is 0 Å². The molecule has 3 aliphatic rings. The monoisotopic (exact) mass is 906 g/mol. The third-order valence-corrected chi connectivity index (χ3v) is 12.3. The maximum Gasteiger partial charge on any atom is 0.328 e. The van der Waals surface area contributed by atoms with Crippen LogP contribution in [0.25, 0.3) is 22.3 Å². The van der Waals surface area contributed by atoms with Crippen molar-refractivity contribution in [2.75, 3.05) is 19.9 Å². The number of hydrogen-bond acceptors (Lipinski definition) is 18. The van der Waals surface area contributed by atoms with Crippen LogP contribution in [0.2, 0.25) is 0 Å². The Hall–Kier alpha value is -3.90. The number of imidazole rings is 2. The molecule has 0 saturated carbocycles. The van der Waals surface area contributed by atoms with Crippen molar-refractivity contribution < 1.29 is 64.9 Å². The highest BCUT2D eigenvalue weighted by atomic mass is 32.5. The smallest absolute Gasteiger partial charge is 0.328 e. The van der Waals surface area contributed by atoms with Crippen molar-refractivity contribution in [2.45, 2.75) is 104 Å². The van der Waals surface area contributed by atoms with E-state index in [1.54, 1.807) is 41.5 Å². The fourth-order valence-electron chi connectivity index (χ4n) is 6.29. The molecule has 3 fully saturated rings. The zero-order valence-electron chi connectivity index (χ0n) is 33.1. The Morgan fingerprint density at radius 2 is 1.25 bits per heavy atom. The van der Waals surface area contributed by atoms with Gasteiger partial charge in [-0.2, -0.15) is 0 Å². The minimum absolute atomic E-state index is 0.102. The van der Waals surface area contributed by atoms with Crippen LogP contribution in [-0.2, 0) is 76.5 Å². The molecule has 0 radical (unpaired) electrons. The van der Waals surface area contributed by atoms with Crippen molar-refractivity contribution >= 4 is 60.4 Å². The van der Waals surface area contributed by atoms with Crippen molar-refractivity contribution in [3.05, 3.63) is 46.0 Å². The van der Waals surface area contributed by atoms with Crippen LogP contribution < -0.4 is 11.1 Å². The second-order valence-corrected chi connectivity index (χ2v) is 21.1. The molecule has 0 spiro atoms. The molecule has 1 N–H and O–H groups in total. The average Bonchev–Trinajstić information content (AvgIpc) is 3.93. The van der Waals surface area contributed by atoms with Crippen molar-refractivity contribution in [3.63, 3.8) is 0 Å². The molecule has 4 aromatic rings. The van der Waals surface area contributed by atoms with Gasteiger partial charge in [0.1, 0.15) is 37.1 Å². The highest BCUT2D eigenvalue weighted by Gasteiger charge is 2.54. The van der Waals surface area contributed by atoms with E-state index in [-0.39, 0.29) is 22.3 Å². The summed E-state index contributed by atoms with van der Waals surface area (Å²) in [6.07, 6.45) is -9.54. The van der Waals surface area contributed by atoms with Crippen molar-refractivity contribution in [2.24, 2.45) is 10.8 Å². The summed E-state index contributed by atoms with van der Waals surface area (Å²) in [4.78, 5) is 78.9. The van der Waals surface area contributed by atoms with Crippen LogP contribution >= 0.6 is 14.3 Å². The summed E-state index contributed by atoms with van der Waals surface area (Å²) in [7, 11) is -4.29. The van der Waals surface area contributed by atoms with Gasteiger partial charge in [-0.15, -0.1) is 0 Å². The molecule has 328 valence electrons. The molecule has 10 atom stereocenters. The summed E-state index contributed by atoms with van der Waals surface area (Å²) in [5.41, 5.74) is -3.75. The third kappa shape index (κ3) is 8.74. The first-order chi connectivity index (χ1) is 28.0. The zero-order valence-corrected chi connectivity index (χ0v) is 35.8. The lowest BCUT2D eigenvalue weighted by molar-refractivity contribution is -0.157. The van der Waals surface area contributed by atoms with Gasteiger partial charge >= 0.3 is 26.3 Å². The molecule has 2 bridgehead atoms. The van der Waals surface area contributed by atoms with Crippen molar-refractivity contribution in [1.82, 2.24) is 38.2 Å². The molecule has 7 heterocycles. The number of esters is 2. The number of ether oxygens (including phenoxy) is 4. The summed E-state index contributed by atoms with van der Waals surface area (Å²) in [5, 5.41) is 0. The highest BCUT2D eigenvalue weighted by Crippen LogP contribution is 2.54. The van der Waals surface area contributed by atoms with Gasteiger partial charge in [-0.25, -0.2) is 28.7 Å². The molecule has 4 aromatic heterocycles. The number of aromatic nitrogens is 8. The fraction of sp³-hybridized carbons (Fsp3) is 0.636. The maximum atomic E-state index is 16.4. The van der Waals surface area contributed by atoms with Gasteiger partial charge in [0.15, 0.2) is 60.6 Å². The largest absolute Gasteiger partial charge is 0.443 e. The van der Waals surface area contributed by atoms with Gasteiger partial charge in [-0.3, -0.25) is 51.1 Å². The first-order valence-electron chi connectivity index (χ1n) is 18.3. The molecule has 2 unspecified atom stereocenters. The van der Waals surface area contributed by atoms with Gasteiger partial charge < -0.3 is 32.9 Å². The summed E-state index contributed by atoms with van der Waals surface area (Å²) in [5.74, 6) is -1.14. The van der Waals surface area contributed by atoms with E-state index in [0.717, 1.165) is 50.2 Å². The summed E-state index contributed by atoms with van der Waals surface area (Å²) >= 11 is 5.25. The summed E-state index contributed by atoms with van der Waals surface area (Å²) < 4.78 is 95.4. The number of fused-ring (bicyclic) bond motifs is 5. The van der Waals surface area contributed by atoms with Crippen LogP contribution in [0.15, 0.2) is 34.9 Å². The van der Waals surface area contributed by atoms with E-state index >= 15 is 8.78 Å². The Labute approximate surface area is 343 Å². The van der Waals surface area contributed by atoms with Crippen LogP contribution in [0.5, 0.6) is 0 Å². The predicted molar refractivity (Wildman–Crippen MR) is 204 cm³/mol. The lowest BCUT2D eigenvalue weighted by atomic mass is 9.97. The average molecular weight is 907 g/mol. The Morgan fingerprint density at radius 3 is 1.77 bits per heavy atom. The topological polar surface area (TPSA) is 251 Å². The van der Waals surface area contributed by atoms with Gasteiger partial charge in [-0.1, -0.05) is 0 Å². The standard InChI is InChI=1S/C33H42F2N8O14P2S/c1-32(2,3)30(46)50-14-40-10-38-24-20(26(40)44)36-12-42(24)28-19(35)22-17(55-28)9-53-59(49,60)57-23-18(34)16(8-52-58(7,48)56-22)54-29(23)43-13-37-21-25(43)39-11-41(27(21)45)15-51-31(47)33(4,5)6/h10-13,16-19,22-23,28-29H,8-9,14-15H2,1-7H3,(H,49,60)/t16-,17-,18+,19-,22-,23-,28-,29-,58?,59?/m1/s1. The molecule has 0 aliphatic carbocycles. The predicted octanol–water partition coefficient (Wildman–Crippen LogP) is 2.62. The van der Waals surface area contributed by atoms with Crippen LogP contribution in [0.1, 0.15) is 54.0 Å². The molecule has 22 nitrogen and oxygen atoms in total. The van der Waals surface area contributed by atoms with Crippen LogP contribution in [-0.4, -0.2) is 112 Å². The molecule has 60 heavy (non-hydrogen) atoms. The van der Waals surface area contributed by atoms with Gasteiger partial charge in [0.05, 0.1) is 36.7 Å². The molecule has 3 saturated heterocycles. The molecular formula is C33H42F2N8O14P2S. The van der Waals surface area contributed by atoms with E-state index < -0.39 is 124 Å². The van der Waals surface area contributed by atoms with Crippen LogP contribution in [0, 0.1) is 10.8 Å². The number of rotatable bonds is 6. The van der Waals surface area contributed by atoms with Gasteiger partial charge in [0.2, 0.25) is 0 Å². The number of carbonyl (C=O) groups is 2. The second kappa shape index (κ2) is 16.1. The number of hydrogen-bond donors (Lipinski definition) is 1. The minimum atomic E-state index is -4.48. The quantitative estimate of drug-likeness (QED) is 0.216. The van der Waals surface area contributed by atoms with Crippen molar-refractivity contribution in [3.8, 4) is 0 Å². The number of halogens is 2. The Balaban J connectivity index is 1.12. The summed E-state index contributed by atoms with van der Waals surface area (Å²) in [6, 6.07) is 0. The van der Waals surface area contributed by atoms with E-state index in [9.17, 15) is 28.6 Å². The molecule has 0 amide bonds. The lowest BCUT2D eigenvalue weighted by Gasteiger charge is -2.27. The van der Waals surface area contributed by atoms with Gasteiger partial charge in [0, 0.05) is 6.66 Å².